The largest absolute Gasteiger partial charge is 0.383 e. The molecule has 0 unspecified atom stereocenters. The molecule has 0 radical (unpaired) electrons. The first-order valence-electron chi connectivity index (χ1n) is 7.20. The van der Waals surface area contributed by atoms with Crippen molar-refractivity contribution in [3.63, 3.8) is 0 Å². The van der Waals surface area contributed by atoms with Crippen LogP contribution in [0.5, 0.6) is 0 Å². The fraction of sp³-hybridized carbons (Fsp3) is 0.786. The summed E-state index contributed by atoms with van der Waals surface area (Å²) in [6.07, 6.45) is 1.40. The van der Waals surface area contributed by atoms with Crippen molar-refractivity contribution < 1.29 is 19.1 Å². The molecule has 7 heteroatoms. The van der Waals surface area contributed by atoms with Gasteiger partial charge in [0.05, 0.1) is 6.61 Å². The van der Waals surface area contributed by atoms with Crippen LogP contribution < -0.4 is 10.6 Å². The predicted octanol–water partition coefficient (Wildman–Crippen LogP) is 0.496. The number of rotatable bonds is 8. The highest BCUT2D eigenvalue weighted by molar-refractivity contribution is 6.08. The molecule has 120 valence electrons. The lowest BCUT2D eigenvalue weighted by Crippen LogP contribution is -2.45. The Kier molecular flexibility index (Phi) is 6.14. The van der Waals surface area contributed by atoms with Gasteiger partial charge in [-0.25, -0.2) is 4.79 Å². The second-order valence-electron chi connectivity index (χ2n) is 5.93. The molecule has 1 aliphatic heterocycles. The molecule has 0 aromatic heterocycles. The Bertz CT molecular complexity index is 411. The van der Waals surface area contributed by atoms with Gasteiger partial charge < -0.3 is 15.4 Å². The number of methoxy groups -OCH3 is 1. The van der Waals surface area contributed by atoms with Crippen LogP contribution in [0.15, 0.2) is 0 Å². The van der Waals surface area contributed by atoms with E-state index in [-0.39, 0.29) is 18.4 Å². The Morgan fingerprint density at radius 2 is 2.10 bits per heavy atom. The van der Waals surface area contributed by atoms with E-state index in [0.29, 0.717) is 25.5 Å². The van der Waals surface area contributed by atoms with Gasteiger partial charge in [0.2, 0.25) is 5.91 Å². The molecule has 1 saturated heterocycles. The molecule has 1 atom stereocenters. The Hall–Kier alpha value is -1.63. The van der Waals surface area contributed by atoms with Crippen molar-refractivity contribution >= 4 is 17.8 Å². The van der Waals surface area contributed by atoms with E-state index in [2.05, 4.69) is 24.5 Å². The molecule has 2 N–H and O–H groups in total. The van der Waals surface area contributed by atoms with E-state index < -0.39 is 11.6 Å². The summed E-state index contributed by atoms with van der Waals surface area (Å²) in [5.74, 6) is -0.267. The molecular formula is C14H25N3O4. The molecule has 0 saturated carbocycles. The molecule has 0 bridgehead atoms. The van der Waals surface area contributed by atoms with Crippen molar-refractivity contribution in [1.82, 2.24) is 15.5 Å². The Morgan fingerprint density at radius 1 is 1.43 bits per heavy atom. The van der Waals surface area contributed by atoms with Crippen molar-refractivity contribution in [2.24, 2.45) is 5.92 Å². The molecule has 0 aliphatic carbocycles. The molecule has 21 heavy (non-hydrogen) atoms. The van der Waals surface area contributed by atoms with Gasteiger partial charge in [-0.2, -0.15) is 0 Å². The maximum absolute atomic E-state index is 12.4. The zero-order chi connectivity index (χ0) is 16.0. The van der Waals surface area contributed by atoms with E-state index >= 15 is 0 Å². The highest BCUT2D eigenvalue weighted by atomic mass is 16.5. The minimum atomic E-state index is -0.909. The number of carbonyl (C=O) groups is 3. The van der Waals surface area contributed by atoms with Crippen molar-refractivity contribution in [3.8, 4) is 0 Å². The number of imide groups is 1. The van der Waals surface area contributed by atoms with Gasteiger partial charge in [0.25, 0.3) is 5.91 Å². The highest BCUT2D eigenvalue weighted by Crippen LogP contribution is 2.24. The van der Waals surface area contributed by atoms with Crippen LogP contribution in [0.3, 0.4) is 0 Å². The van der Waals surface area contributed by atoms with Gasteiger partial charge in [0.15, 0.2) is 0 Å². The fourth-order valence-electron chi connectivity index (χ4n) is 2.13. The van der Waals surface area contributed by atoms with Gasteiger partial charge in [-0.05, 0) is 25.7 Å². The number of urea groups is 1. The first-order valence-corrected chi connectivity index (χ1v) is 7.20. The summed E-state index contributed by atoms with van der Waals surface area (Å²) in [5, 5.41) is 5.28. The SMILES string of the molecule is COCCNC(=O)CN1C(=O)N[C@@](C)(CCC(C)C)C1=O. The second kappa shape index (κ2) is 7.40. The normalized spacial score (nSPS) is 21.9. The van der Waals surface area contributed by atoms with Crippen LogP contribution in [0.2, 0.25) is 0 Å². The third kappa shape index (κ3) is 4.70. The maximum Gasteiger partial charge on any atom is 0.325 e. The van der Waals surface area contributed by atoms with Crippen LogP contribution in [0.4, 0.5) is 4.79 Å². The maximum atomic E-state index is 12.4. The number of amides is 4. The molecular weight excluding hydrogens is 274 g/mol. The monoisotopic (exact) mass is 299 g/mol. The summed E-state index contributed by atoms with van der Waals surface area (Å²) in [5.41, 5.74) is -0.909. The predicted molar refractivity (Wildman–Crippen MR) is 77.6 cm³/mol. The van der Waals surface area contributed by atoms with Gasteiger partial charge in [0.1, 0.15) is 12.1 Å². The summed E-state index contributed by atoms with van der Waals surface area (Å²) in [6.45, 7) is 6.31. The van der Waals surface area contributed by atoms with E-state index in [9.17, 15) is 14.4 Å². The number of hydrogen-bond donors (Lipinski definition) is 2. The summed E-state index contributed by atoms with van der Waals surface area (Å²) in [7, 11) is 1.53. The molecule has 1 rings (SSSR count). The zero-order valence-electron chi connectivity index (χ0n) is 13.2. The van der Waals surface area contributed by atoms with Crippen LogP contribution in [-0.2, 0) is 14.3 Å². The smallest absolute Gasteiger partial charge is 0.325 e. The summed E-state index contributed by atoms with van der Waals surface area (Å²) in [6, 6.07) is -0.506. The zero-order valence-corrected chi connectivity index (χ0v) is 13.2. The minimum Gasteiger partial charge on any atom is -0.383 e. The molecule has 0 aromatic rings. The van der Waals surface area contributed by atoms with E-state index in [1.54, 1.807) is 6.92 Å². The van der Waals surface area contributed by atoms with Crippen molar-refractivity contribution in [1.29, 1.82) is 0 Å². The molecule has 0 aromatic carbocycles. The number of hydrogen-bond acceptors (Lipinski definition) is 4. The summed E-state index contributed by atoms with van der Waals surface area (Å²) < 4.78 is 4.82. The second-order valence-corrected chi connectivity index (χ2v) is 5.93. The fourth-order valence-corrected chi connectivity index (χ4v) is 2.13. The number of nitrogens with one attached hydrogen (secondary N) is 2. The molecule has 4 amide bonds. The van der Waals surface area contributed by atoms with Crippen molar-refractivity contribution in [2.45, 2.75) is 39.2 Å². The number of nitrogens with zero attached hydrogens (tertiary/aromatic N) is 1. The summed E-state index contributed by atoms with van der Waals surface area (Å²) >= 11 is 0. The number of carbonyl (C=O) groups excluding carboxylic acids is 3. The molecule has 7 nitrogen and oxygen atoms in total. The van der Waals surface area contributed by atoms with Gasteiger partial charge >= 0.3 is 6.03 Å². The minimum absolute atomic E-state index is 0.258. The third-order valence-electron chi connectivity index (χ3n) is 3.50. The topological polar surface area (TPSA) is 87.7 Å². The van der Waals surface area contributed by atoms with Crippen LogP contribution in [0.25, 0.3) is 0 Å². The van der Waals surface area contributed by atoms with Gasteiger partial charge in [-0.3, -0.25) is 14.5 Å². The van der Waals surface area contributed by atoms with Gasteiger partial charge in [-0.15, -0.1) is 0 Å². The average molecular weight is 299 g/mol. The van der Waals surface area contributed by atoms with Crippen LogP contribution in [0.1, 0.15) is 33.6 Å². The quantitative estimate of drug-likeness (QED) is 0.504. The van der Waals surface area contributed by atoms with E-state index in [0.717, 1.165) is 11.3 Å². The van der Waals surface area contributed by atoms with Crippen LogP contribution in [0, 0.1) is 5.92 Å². The first kappa shape index (κ1) is 17.4. The molecule has 1 aliphatic rings. The van der Waals surface area contributed by atoms with Crippen LogP contribution in [-0.4, -0.2) is 55.1 Å². The van der Waals surface area contributed by atoms with E-state index in [4.69, 9.17) is 4.74 Å². The molecule has 1 fully saturated rings. The van der Waals surface area contributed by atoms with E-state index in [1.807, 2.05) is 0 Å². The van der Waals surface area contributed by atoms with E-state index in [1.165, 1.54) is 7.11 Å². The Labute approximate surface area is 125 Å². The lowest BCUT2D eigenvalue weighted by atomic mass is 9.92. The molecule has 1 heterocycles. The van der Waals surface area contributed by atoms with Gasteiger partial charge in [0, 0.05) is 13.7 Å². The summed E-state index contributed by atoms with van der Waals surface area (Å²) in [4.78, 5) is 36.9. The van der Waals surface area contributed by atoms with Crippen molar-refractivity contribution in [2.75, 3.05) is 26.8 Å². The van der Waals surface area contributed by atoms with Gasteiger partial charge in [-0.1, -0.05) is 13.8 Å². The lowest BCUT2D eigenvalue weighted by molar-refractivity contribution is -0.134. The lowest BCUT2D eigenvalue weighted by Gasteiger charge is -2.22. The number of ether oxygens (including phenoxy) is 1. The Balaban J connectivity index is 2.58. The Morgan fingerprint density at radius 3 is 2.67 bits per heavy atom. The van der Waals surface area contributed by atoms with Crippen molar-refractivity contribution in [3.05, 3.63) is 0 Å². The highest BCUT2D eigenvalue weighted by Gasteiger charge is 2.47. The standard InChI is InChI=1S/C14H25N3O4/c1-10(2)5-6-14(3)12(19)17(13(20)16-14)9-11(18)15-7-8-21-4/h10H,5-9H2,1-4H3,(H,15,18)(H,16,20)/t14-/m0/s1. The van der Waals surface area contributed by atoms with Crippen LogP contribution >= 0.6 is 0 Å². The molecule has 0 spiro atoms. The third-order valence-corrected chi connectivity index (χ3v) is 3.50. The average Bonchev–Trinajstić information content (AvgIpc) is 2.61. The first-order chi connectivity index (χ1) is 9.80.